The molecule has 0 aliphatic rings. The average molecular weight is 239 g/mol. The van der Waals surface area contributed by atoms with E-state index in [-0.39, 0.29) is 18.3 Å². The largest absolute Gasteiger partial charge is 0.481 e. The molecule has 2 N–H and O–H groups in total. The number of rotatable bonds is 5. The van der Waals surface area contributed by atoms with Crippen LogP contribution < -0.4 is 5.32 Å². The third-order valence-corrected chi connectivity index (χ3v) is 2.89. The molecule has 3 nitrogen and oxygen atoms in total. The van der Waals surface area contributed by atoms with Crippen molar-refractivity contribution in [3.63, 3.8) is 0 Å². The minimum Gasteiger partial charge on any atom is -0.481 e. The fourth-order valence-corrected chi connectivity index (χ4v) is 2.17. The van der Waals surface area contributed by atoms with Crippen molar-refractivity contribution in [2.24, 2.45) is 5.41 Å². The van der Waals surface area contributed by atoms with E-state index in [0.29, 0.717) is 5.56 Å². The zero-order valence-corrected chi connectivity index (χ0v) is 10.3. The first-order valence-electron chi connectivity index (χ1n) is 5.52. The van der Waals surface area contributed by atoms with Gasteiger partial charge in [-0.05, 0) is 18.5 Å². The second-order valence-corrected chi connectivity index (χ2v) is 4.80. The van der Waals surface area contributed by atoms with Gasteiger partial charge in [0.1, 0.15) is 5.82 Å². The van der Waals surface area contributed by atoms with Crippen molar-refractivity contribution in [1.29, 1.82) is 0 Å². The molecule has 0 aliphatic carbocycles. The van der Waals surface area contributed by atoms with Crippen LogP contribution in [0.1, 0.15) is 31.9 Å². The van der Waals surface area contributed by atoms with Gasteiger partial charge in [0.2, 0.25) is 0 Å². The Labute approximate surface area is 101 Å². The molecule has 0 radical (unpaired) electrons. The summed E-state index contributed by atoms with van der Waals surface area (Å²) in [7, 11) is 1.71. The number of nitrogens with one attached hydrogen (secondary N) is 1. The van der Waals surface area contributed by atoms with Crippen molar-refractivity contribution in [2.75, 3.05) is 7.05 Å². The Bertz CT molecular complexity index is 404. The molecule has 0 aromatic heterocycles. The van der Waals surface area contributed by atoms with Crippen LogP contribution in [-0.2, 0) is 4.79 Å². The van der Waals surface area contributed by atoms with Gasteiger partial charge in [-0.15, -0.1) is 0 Å². The lowest BCUT2D eigenvalue weighted by atomic mass is 9.77. The second kappa shape index (κ2) is 5.27. The Morgan fingerprint density at radius 1 is 1.47 bits per heavy atom. The molecule has 0 aliphatic heterocycles. The summed E-state index contributed by atoms with van der Waals surface area (Å²) in [4.78, 5) is 10.8. The number of carboxylic acid groups (broad SMARTS) is 1. The van der Waals surface area contributed by atoms with E-state index in [1.807, 2.05) is 13.8 Å². The molecule has 1 unspecified atom stereocenters. The van der Waals surface area contributed by atoms with Crippen molar-refractivity contribution < 1.29 is 14.3 Å². The van der Waals surface area contributed by atoms with Crippen LogP contribution in [0.2, 0.25) is 0 Å². The standard InChI is InChI=1S/C13H18FNO2/c1-13(2,8-11(16)17)12(15-3)9-6-4-5-7-10(9)14/h4-7,12,15H,8H2,1-3H3,(H,16,17). The summed E-state index contributed by atoms with van der Waals surface area (Å²) >= 11 is 0. The smallest absolute Gasteiger partial charge is 0.303 e. The summed E-state index contributed by atoms with van der Waals surface area (Å²) in [6.45, 7) is 3.63. The van der Waals surface area contributed by atoms with Crippen molar-refractivity contribution >= 4 is 5.97 Å². The summed E-state index contributed by atoms with van der Waals surface area (Å²) in [6, 6.07) is 6.10. The first-order chi connectivity index (χ1) is 7.88. The molecular weight excluding hydrogens is 221 g/mol. The Morgan fingerprint density at radius 3 is 2.53 bits per heavy atom. The number of carboxylic acids is 1. The molecule has 1 aromatic rings. The zero-order chi connectivity index (χ0) is 13.1. The maximum atomic E-state index is 13.7. The molecule has 94 valence electrons. The molecular formula is C13H18FNO2. The highest BCUT2D eigenvalue weighted by Gasteiger charge is 2.33. The molecule has 1 aromatic carbocycles. The van der Waals surface area contributed by atoms with Gasteiger partial charge in [0, 0.05) is 11.6 Å². The molecule has 17 heavy (non-hydrogen) atoms. The molecule has 0 amide bonds. The highest BCUT2D eigenvalue weighted by Crippen LogP contribution is 2.37. The third-order valence-electron chi connectivity index (χ3n) is 2.89. The lowest BCUT2D eigenvalue weighted by Crippen LogP contribution is -2.34. The van der Waals surface area contributed by atoms with Crippen LogP contribution in [-0.4, -0.2) is 18.1 Å². The molecule has 0 spiro atoms. The summed E-state index contributed by atoms with van der Waals surface area (Å²) in [5.41, 5.74) is -0.0655. The van der Waals surface area contributed by atoms with Gasteiger partial charge in [0.05, 0.1) is 6.42 Å². The van der Waals surface area contributed by atoms with Crippen LogP contribution in [0.5, 0.6) is 0 Å². The van der Waals surface area contributed by atoms with Crippen LogP contribution >= 0.6 is 0 Å². The molecule has 0 bridgehead atoms. The fourth-order valence-electron chi connectivity index (χ4n) is 2.17. The molecule has 0 heterocycles. The van der Waals surface area contributed by atoms with Gasteiger partial charge in [-0.1, -0.05) is 32.0 Å². The Morgan fingerprint density at radius 2 is 2.06 bits per heavy atom. The number of aliphatic carboxylic acids is 1. The van der Waals surface area contributed by atoms with Crippen LogP contribution in [0.25, 0.3) is 0 Å². The number of carbonyl (C=O) groups is 1. The summed E-state index contributed by atoms with van der Waals surface area (Å²) < 4.78 is 13.7. The Balaban J connectivity index is 3.07. The van der Waals surface area contributed by atoms with Gasteiger partial charge in [-0.3, -0.25) is 4.79 Å². The van der Waals surface area contributed by atoms with E-state index in [2.05, 4.69) is 5.32 Å². The lowest BCUT2D eigenvalue weighted by Gasteiger charge is -2.33. The van der Waals surface area contributed by atoms with Crippen LogP contribution in [0.4, 0.5) is 4.39 Å². The van der Waals surface area contributed by atoms with Crippen LogP contribution in [0.15, 0.2) is 24.3 Å². The molecule has 0 fully saturated rings. The van der Waals surface area contributed by atoms with Gasteiger partial charge in [0.25, 0.3) is 0 Å². The van der Waals surface area contributed by atoms with Gasteiger partial charge in [0.15, 0.2) is 0 Å². The van der Waals surface area contributed by atoms with E-state index in [9.17, 15) is 9.18 Å². The molecule has 4 heteroatoms. The van der Waals surface area contributed by atoms with Crippen molar-refractivity contribution in [1.82, 2.24) is 5.32 Å². The van der Waals surface area contributed by atoms with E-state index < -0.39 is 11.4 Å². The first kappa shape index (κ1) is 13.6. The predicted molar refractivity (Wildman–Crippen MR) is 64.2 cm³/mol. The Kier molecular flexibility index (Phi) is 4.23. The quantitative estimate of drug-likeness (QED) is 0.830. The minimum atomic E-state index is -0.883. The summed E-state index contributed by atoms with van der Waals surface area (Å²) in [6.07, 6.45) is -0.0210. The van der Waals surface area contributed by atoms with E-state index in [0.717, 1.165) is 0 Å². The second-order valence-electron chi connectivity index (χ2n) is 4.80. The van der Waals surface area contributed by atoms with Gasteiger partial charge < -0.3 is 10.4 Å². The van der Waals surface area contributed by atoms with Gasteiger partial charge in [-0.25, -0.2) is 4.39 Å². The SMILES string of the molecule is CNC(c1ccccc1F)C(C)(C)CC(=O)O. The number of halogens is 1. The molecule has 1 atom stereocenters. The van der Waals surface area contributed by atoms with Crippen molar-refractivity contribution in [3.8, 4) is 0 Å². The predicted octanol–water partition coefficient (Wildman–Crippen LogP) is 2.59. The first-order valence-corrected chi connectivity index (χ1v) is 5.52. The monoisotopic (exact) mass is 239 g/mol. The molecule has 0 saturated carbocycles. The van der Waals surface area contributed by atoms with E-state index >= 15 is 0 Å². The van der Waals surface area contributed by atoms with E-state index in [1.54, 1.807) is 25.2 Å². The highest BCUT2D eigenvalue weighted by molar-refractivity contribution is 5.67. The maximum absolute atomic E-state index is 13.7. The molecule has 1 rings (SSSR count). The van der Waals surface area contributed by atoms with Gasteiger partial charge >= 0.3 is 5.97 Å². The normalized spacial score (nSPS) is 13.4. The number of benzene rings is 1. The van der Waals surface area contributed by atoms with Crippen LogP contribution in [0, 0.1) is 11.2 Å². The zero-order valence-electron chi connectivity index (χ0n) is 10.3. The average Bonchev–Trinajstić information content (AvgIpc) is 2.19. The fraction of sp³-hybridized carbons (Fsp3) is 0.462. The lowest BCUT2D eigenvalue weighted by molar-refractivity contribution is -0.139. The Hall–Kier alpha value is -1.42. The van der Waals surface area contributed by atoms with Crippen LogP contribution in [0.3, 0.4) is 0 Å². The van der Waals surface area contributed by atoms with E-state index in [4.69, 9.17) is 5.11 Å². The number of hydrogen-bond acceptors (Lipinski definition) is 2. The molecule has 0 saturated heterocycles. The van der Waals surface area contributed by atoms with Crippen molar-refractivity contribution in [3.05, 3.63) is 35.6 Å². The van der Waals surface area contributed by atoms with E-state index in [1.165, 1.54) is 6.07 Å². The number of hydrogen-bond donors (Lipinski definition) is 2. The summed E-state index contributed by atoms with van der Waals surface area (Å²) in [5.74, 6) is -1.20. The maximum Gasteiger partial charge on any atom is 0.303 e. The highest BCUT2D eigenvalue weighted by atomic mass is 19.1. The topological polar surface area (TPSA) is 49.3 Å². The van der Waals surface area contributed by atoms with Gasteiger partial charge in [-0.2, -0.15) is 0 Å². The summed E-state index contributed by atoms with van der Waals surface area (Å²) in [5, 5.41) is 11.9. The van der Waals surface area contributed by atoms with Crippen molar-refractivity contribution in [2.45, 2.75) is 26.3 Å². The minimum absolute atomic E-state index is 0.0210. The third kappa shape index (κ3) is 3.27.